The average Bonchev–Trinajstić information content (AvgIpc) is 2.74. The zero-order valence-electron chi connectivity index (χ0n) is 16.6. The van der Waals surface area contributed by atoms with Crippen LogP contribution >= 0.6 is 0 Å². The summed E-state index contributed by atoms with van der Waals surface area (Å²) in [5, 5.41) is 3.35. The van der Waals surface area contributed by atoms with Gasteiger partial charge in [-0.25, -0.2) is 9.97 Å². The van der Waals surface area contributed by atoms with Gasteiger partial charge in [0.1, 0.15) is 18.0 Å². The van der Waals surface area contributed by atoms with E-state index in [1.165, 1.54) is 0 Å². The van der Waals surface area contributed by atoms with Crippen LogP contribution in [0.2, 0.25) is 0 Å². The Labute approximate surface area is 165 Å². The molecule has 0 atom stereocenters. The Morgan fingerprint density at radius 1 is 1.07 bits per heavy atom. The summed E-state index contributed by atoms with van der Waals surface area (Å²) < 4.78 is 10.6. The number of amides is 1. The van der Waals surface area contributed by atoms with Gasteiger partial charge in [0.15, 0.2) is 11.5 Å². The molecule has 3 rings (SSSR count). The van der Waals surface area contributed by atoms with Gasteiger partial charge in [0.05, 0.1) is 14.2 Å². The number of hydrogen-bond donors (Lipinski definition) is 1. The molecule has 1 amide bonds. The van der Waals surface area contributed by atoms with Crippen LogP contribution < -0.4 is 19.7 Å². The third-order valence-corrected chi connectivity index (χ3v) is 4.87. The molecule has 1 aromatic carbocycles. The van der Waals surface area contributed by atoms with Crippen molar-refractivity contribution < 1.29 is 14.3 Å². The number of piperazine rings is 1. The van der Waals surface area contributed by atoms with Gasteiger partial charge in [-0.2, -0.15) is 0 Å². The van der Waals surface area contributed by atoms with E-state index in [1.54, 1.807) is 27.5 Å². The first-order chi connectivity index (χ1) is 13.6. The van der Waals surface area contributed by atoms with E-state index in [4.69, 9.17) is 9.47 Å². The molecule has 1 saturated heterocycles. The topological polar surface area (TPSA) is 79.8 Å². The molecule has 1 N–H and O–H groups in total. The number of anilines is 2. The minimum absolute atomic E-state index is 0.125. The molecule has 1 fully saturated rings. The Hall–Kier alpha value is -3.03. The summed E-state index contributed by atoms with van der Waals surface area (Å²) in [6.45, 7) is 5.36. The standard InChI is InChI=1S/C20H27N5O3/c1-15(26)24-8-10-25(11-9-24)20-13-19(22-14-23-20)21-7-6-16-4-5-17(27-2)18(12-16)28-3/h4-5,12-14H,6-11H2,1-3H3,(H,21,22,23). The molecule has 0 radical (unpaired) electrons. The summed E-state index contributed by atoms with van der Waals surface area (Å²) in [6.07, 6.45) is 2.41. The molecule has 1 aliphatic rings. The third-order valence-electron chi connectivity index (χ3n) is 4.87. The van der Waals surface area contributed by atoms with Gasteiger partial charge in [-0.3, -0.25) is 4.79 Å². The Morgan fingerprint density at radius 3 is 2.50 bits per heavy atom. The van der Waals surface area contributed by atoms with E-state index in [1.807, 2.05) is 29.2 Å². The number of rotatable bonds is 7. The summed E-state index contributed by atoms with van der Waals surface area (Å²) >= 11 is 0. The number of hydrogen-bond acceptors (Lipinski definition) is 7. The average molecular weight is 385 g/mol. The quantitative estimate of drug-likeness (QED) is 0.779. The van der Waals surface area contributed by atoms with Gasteiger partial charge in [0.25, 0.3) is 0 Å². The molecule has 1 aromatic heterocycles. The van der Waals surface area contributed by atoms with E-state index in [2.05, 4.69) is 20.2 Å². The summed E-state index contributed by atoms with van der Waals surface area (Å²) in [5.41, 5.74) is 1.15. The largest absolute Gasteiger partial charge is 0.493 e. The molecule has 2 heterocycles. The number of carbonyl (C=O) groups excluding carboxylic acids is 1. The highest BCUT2D eigenvalue weighted by atomic mass is 16.5. The van der Waals surface area contributed by atoms with E-state index in [9.17, 15) is 4.79 Å². The van der Waals surface area contributed by atoms with Crippen molar-refractivity contribution in [1.29, 1.82) is 0 Å². The number of nitrogens with zero attached hydrogens (tertiary/aromatic N) is 4. The second-order valence-corrected chi connectivity index (χ2v) is 6.62. The number of methoxy groups -OCH3 is 2. The zero-order valence-corrected chi connectivity index (χ0v) is 16.6. The maximum absolute atomic E-state index is 11.5. The normalized spacial score (nSPS) is 14.0. The first-order valence-corrected chi connectivity index (χ1v) is 9.38. The highest BCUT2D eigenvalue weighted by Crippen LogP contribution is 2.27. The molecule has 0 saturated carbocycles. The summed E-state index contributed by atoms with van der Waals surface area (Å²) in [7, 11) is 3.27. The monoisotopic (exact) mass is 385 g/mol. The fraction of sp³-hybridized carbons (Fsp3) is 0.450. The Bertz CT molecular complexity index is 806. The maximum atomic E-state index is 11.5. The van der Waals surface area contributed by atoms with Crippen molar-refractivity contribution in [2.24, 2.45) is 0 Å². The SMILES string of the molecule is COc1ccc(CCNc2cc(N3CCN(C(C)=O)CC3)ncn2)cc1OC. The van der Waals surface area contributed by atoms with E-state index < -0.39 is 0 Å². The number of benzene rings is 1. The fourth-order valence-electron chi connectivity index (χ4n) is 3.24. The molecule has 8 heteroatoms. The highest BCUT2D eigenvalue weighted by Gasteiger charge is 2.19. The van der Waals surface area contributed by atoms with Gasteiger partial charge in [-0.1, -0.05) is 6.07 Å². The van der Waals surface area contributed by atoms with Crippen LogP contribution in [0.25, 0.3) is 0 Å². The highest BCUT2D eigenvalue weighted by molar-refractivity contribution is 5.73. The number of carbonyl (C=O) groups is 1. The minimum Gasteiger partial charge on any atom is -0.493 e. The molecule has 0 unspecified atom stereocenters. The lowest BCUT2D eigenvalue weighted by Gasteiger charge is -2.34. The molecule has 8 nitrogen and oxygen atoms in total. The lowest BCUT2D eigenvalue weighted by Crippen LogP contribution is -2.48. The van der Waals surface area contributed by atoms with Crippen molar-refractivity contribution in [1.82, 2.24) is 14.9 Å². The van der Waals surface area contributed by atoms with Gasteiger partial charge in [0, 0.05) is 45.7 Å². The van der Waals surface area contributed by atoms with Gasteiger partial charge < -0.3 is 24.6 Å². The van der Waals surface area contributed by atoms with E-state index in [-0.39, 0.29) is 5.91 Å². The molecule has 2 aromatic rings. The van der Waals surface area contributed by atoms with E-state index in [0.717, 1.165) is 67.8 Å². The van der Waals surface area contributed by atoms with Crippen molar-refractivity contribution in [3.8, 4) is 11.5 Å². The van der Waals surface area contributed by atoms with Crippen LogP contribution in [0.15, 0.2) is 30.6 Å². The third kappa shape index (κ3) is 4.82. The number of aromatic nitrogens is 2. The van der Waals surface area contributed by atoms with Crippen molar-refractivity contribution in [2.45, 2.75) is 13.3 Å². The predicted octanol–water partition coefficient (Wildman–Crippen LogP) is 1.82. The van der Waals surface area contributed by atoms with E-state index in [0.29, 0.717) is 0 Å². The maximum Gasteiger partial charge on any atom is 0.219 e. The molecule has 150 valence electrons. The van der Waals surface area contributed by atoms with Crippen LogP contribution in [-0.2, 0) is 11.2 Å². The van der Waals surface area contributed by atoms with Gasteiger partial charge in [0.2, 0.25) is 5.91 Å². The lowest BCUT2D eigenvalue weighted by molar-refractivity contribution is -0.129. The van der Waals surface area contributed by atoms with Gasteiger partial charge in [-0.05, 0) is 24.1 Å². The zero-order chi connectivity index (χ0) is 19.9. The second-order valence-electron chi connectivity index (χ2n) is 6.62. The Morgan fingerprint density at radius 2 is 1.82 bits per heavy atom. The molecule has 0 spiro atoms. The van der Waals surface area contributed by atoms with Gasteiger partial charge in [-0.15, -0.1) is 0 Å². The molecule has 0 aliphatic carbocycles. The Kier molecular flexibility index (Phi) is 6.52. The molecule has 0 bridgehead atoms. The van der Waals surface area contributed by atoms with Crippen molar-refractivity contribution >= 4 is 17.5 Å². The first kappa shape index (κ1) is 19.7. The molecular formula is C20H27N5O3. The Balaban J connectivity index is 1.55. The summed E-state index contributed by atoms with van der Waals surface area (Å²) in [6, 6.07) is 7.89. The van der Waals surface area contributed by atoms with Crippen LogP contribution in [0, 0.1) is 0 Å². The number of ether oxygens (including phenoxy) is 2. The van der Waals surface area contributed by atoms with E-state index >= 15 is 0 Å². The number of nitrogens with one attached hydrogen (secondary N) is 1. The molecule has 1 aliphatic heterocycles. The molecule has 28 heavy (non-hydrogen) atoms. The van der Waals surface area contributed by atoms with Crippen molar-refractivity contribution in [3.63, 3.8) is 0 Å². The van der Waals surface area contributed by atoms with Gasteiger partial charge >= 0.3 is 0 Å². The minimum atomic E-state index is 0.125. The summed E-state index contributed by atoms with van der Waals surface area (Å²) in [5.74, 6) is 3.25. The summed E-state index contributed by atoms with van der Waals surface area (Å²) in [4.78, 5) is 24.2. The van der Waals surface area contributed by atoms with Crippen LogP contribution in [0.4, 0.5) is 11.6 Å². The van der Waals surface area contributed by atoms with Crippen LogP contribution in [-0.4, -0.2) is 67.7 Å². The van der Waals surface area contributed by atoms with Crippen molar-refractivity contribution in [3.05, 3.63) is 36.2 Å². The lowest BCUT2D eigenvalue weighted by atomic mass is 10.1. The fourth-order valence-corrected chi connectivity index (χ4v) is 3.24. The molecular weight excluding hydrogens is 358 g/mol. The van der Waals surface area contributed by atoms with Crippen molar-refractivity contribution in [2.75, 3.05) is 57.2 Å². The van der Waals surface area contributed by atoms with Crippen LogP contribution in [0.5, 0.6) is 11.5 Å². The second kappa shape index (κ2) is 9.25. The van der Waals surface area contributed by atoms with Crippen LogP contribution in [0.1, 0.15) is 12.5 Å². The van der Waals surface area contributed by atoms with Crippen LogP contribution in [0.3, 0.4) is 0 Å². The first-order valence-electron chi connectivity index (χ1n) is 9.38. The predicted molar refractivity (Wildman–Crippen MR) is 108 cm³/mol. The smallest absolute Gasteiger partial charge is 0.219 e.